The van der Waals surface area contributed by atoms with Gasteiger partial charge in [0, 0.05) is 26.2 Å². The summed E-state index contributed by atoms with van der Waals surface area (Å²) in [6, 6.07) is 0. The zero-order valence-corrected chi connectivity index (χ0v) is 10.1. The number of hydrogen-bond acceptors (Lipinski definition) is 3. The van der Waals surface area contributed by atoms with Crippen LogP contribution in [0.3, 0.4) is 0 Å². The van der Waals surface area contributed by atoms with E-state index in [1.807, 2.05) is 16.7 Å². The summed E-state index contributed by atoms with van der Waals surface area (Å²) in [5.41, 5.74) is -0.526. The van der Waals surface area contributed by atoms with Gasteiger partial charge in [-0.2, -0.15) is 0 Å². The maximum atomic E-state index is 11.9. The second-order valence-electron chi connectivity index (χ2n) is 5.16. The summed E-state index contributed by atoms with van der Waals surface area (Å²) < 4.78 is 0. The lowest BCUT2D eigenvalue weighted by Crippen LogP contribution is -2.63. The maximum absolute atomic E-state index is 11.9. The molecule has 4 nitrogen and oxygen atoms in total. The van der Waals surface area contributed by atoms with Crippen molar-refractivity contribution < 1.29 is 9.90 Å². The van der Waals surface area contributed by atoms with Crippen LogP contribution in [0, 0.1) is 0 Å². The number of amides is 1. The summed E-state index contributed by atoms with van der Waals surface area (Å²) >= 11 is 0. The van der Waals surface area contributed by atoms with Gasteiger partial charge < -0.3 is 10.0 Å². The van der Waals surface area contributed by atoms with E-state index in [1.165, 1.54) is 6.42 Å². The van der Waals surface area contributed by atoms with E-state index in [1.54, 1.807) is 0 Å². The average Bonchev–Trinajstić information content (AvgIpc) is 2.28. The van der Waals surface area contributed by atoms with E-state index in [0.717, 1.165) is 32.4 Å². The van der Waals surface area contributed by atoms with E-state index in [0.29, 0.717) is 19.6 Å². The Morgan fingerprint density at radius 3 is 2.44 bits per heavy atom. The molecular formula is C12H22N2O2. The Morgan fingerprint density at radius 1 is 1.25 bits per heavy atom. The molecule has 0 radical (unpaired) electrons. The number of likely N-dealkylation sites (tertiary alicyclic amines) is 2. The van der Waals surface area contributed by atoms with Gasteiger partial charge in [-0.25, -0.2) is 0 Å². The van der Waals surface area contributed by atoms with Gasteiger partial charge in [0.25, 0.3) is 0 Å². The van der Waals surface area contributed by atoms with Crippen molar-refractivity contribution in [1.82, 2.24) is 9.80 Å². The molecule has 0 bridgehead atoms. The van der Waals surface area contributed by atoms with Crippen LogP contribution in [0.5, 0.6) is 0 Å². The fourth-order valence-electron chi connectivity index (χ4n) is 2.56. The quantitative estimate of drug-likeness (QED) is 0.760. The first-order valence-electron chi connectivity index (χ1n) is 6.35. The minimum Gasteiger partial charge on any atom is -0.387 e. The molecule has 2 heterocycles. The molecule has 2 aliphatic heterocycles. The highest BCUT2D eigenvalue weighted by atomic mass is 16.3. The van der Waals surface area contributed by atoms with E-state index < -0.39 is 5.60 Å². The van der Waals surface area contributed by atoms with Crippen molar-refractivity contribution in [1.29, 1.82) is 0 Å². The third-order valence-corrected chi connectivity index (χ3v) is 3.76. The van der Waals surface area contributed by atoms with Crippen LogP contribution in [0.15, 0.2) is 0 Å². The summed E-state index contributed by atoms with van der Waals surface area (Å²) in [7, 11) is 0. The van der Waals surface area contributed by atoms with Crippen LogP contribution >= 0.6 is 0 Å². The van der Waals surface area contributed by atoms with E-state index in [2.05, 4.69) is 0 Å². The predicted octanol–water partition coefficient (Wildman–Crippen LogP) is 0.456. The van der Waals surface area contributed by atoms with Crippen molar-refractivity contribution in [3.8, 4) is 0 Å². The Balaban J connectivity index is 1.72. The SMILES string of the molecule is CCC1(O)CN(CC(=O)N2CCCCC2)C1. The standard InChI is InChI=1S/C12H22N2O2/c1-2-12(16)9-13(10-12)8-11(15)14-6-4-3-5-7-14/h16H,2-10H2,1H3. The minimum absolute atomic E-state index is 0.234. The first-order valence-corrected chi connectivity index (χ1v) is 6.35. The molecule has 16 heavy (non-hydrogen) atoms. The Hall–Kier alpha value is -0.610. The van der Waals surface area contributed by atoms with Crippen molar-refractivity contribution in [2.75, 3.05) is 32.7 Å². The van der Waals surface area contributed by atoms with E-state index in [-0.39, 0.29) is 5.91 Å². The van der Waals surface area contributed by atoms with Crippen LogP contribution in [0.4, 0.5) is 0 Å². The van der Waals surface area contributed by atoms with Gasteiger partial charge >= 0.3 is 0 Å². The van der Waals surface area contributed by atoms with Crippen molar-refractivity contribution in [2.45, 2.75) is 38.2 Å². The second kappa shape index (κ2) is 4.72. The third kappa shape index (κ3) is 2.55. The van der Waals surface area contributed by atoms with Crippen LogP contribution in [0.2, 0.25) is 0 Å². The molecule has 92 valence electrons. The zero-order chi connectivity index (χ0) is 11.6. The molecule has 1 N–H and O–H groups in total. The van der Waals surface area contributed by atoms with Crippen molar-refractivity contribution >= 4 is 5.91 Å². The summed E-state index contributed by atoms with van der Waals surface area (Å²) in [6.45, 7) is 5.63. The first kappa shape index (κ1) is 11.9. The summed E-state index contributed by atoms with van der Waals surface area (Å²) in [6.07, 6.45) is 4.32. The molecule has 1 amide bonds. The summed E-state index contributed by atoms with van der Waals surface area (Å²) in [5.74, 6) is 0.234. The van der Waals surface area contributed by atoms with Gasteiger partial charge in [-0.05, 0) is 25.7 Å². The molecular weight excluding hydrogens is 204 g/mol. The normalized spacial score (nSPS) is 25.2. The molecule has 0 atom stereocenters. The van der Waals surface area contributed by atoms with Crippen LogP contribution < -0.4 is 0 Å². The number of carbonyl (C=O) groups is 1. The highest BCUT2D eigenvalue weighted by Gasteiger charge is 2.40. The fourth-order valence-corrected chi connectivity index (χ4v) is 2.56. The molecule has 0 aromatic rings. The average molecular weight is 226 g/mol. The van der Waals surface area contributed by atoms with Gasteiger partial charge in [-0.15, -0.1) is 0 Å². The lowest BCUT2D eigenvalue weighted by Gasteiger charge is -2.46. The molecule has 2 aliphatic rings. The zero-order valence-electron chi connectivity index (χ0n) is 10.1. The predicted molar refractivity (Wildman–Crippen MR) is 62.1 cm³/mol. The van der Waals surface area contributed by atoms with Crippen molar-refractivity contribution in [3.63, 3.8) is 0 Å². The Kier molecular flexibility index (Phi) is 3.50. The van der Waals surface area contributed by atoms with Crippen LogP contribution in [-0.2, 0) is 4.79 Å². The molecule has 2 saturated heterocycles. The smallest absolute Gasteiger partial charge is 0.236 e. The molecule has 0 aromatic carbocycles. The molecule has 4 heteroatoms. The fraction of sp³-hybridized carbons (Fsp3) is 0.917. The highest BCUT2D eigenvalue weighted by molar-refractivity contribution is 5.78. The van der Waals surface area contributed by atoms with E-state index in [9.17, 15) is 9.90 Å². The minimum atomic E-state index is -0.526. The largest absolute Gasteiger partial charge is 0.387 e. The van der Waals surface area contributed by atoms with Crippen molar-refractivity contribution in [2.24, 2.45) is 0 Å². The van der Waals surface area contributed by atoms with Gasteiger partial charge in [-0.1, -0.05) is 6.92 Å². The monoisotopic (exact) mass is 226 g/mol. The molecule has 2 rings (SSSR count). The maximum Gasteiger partial charge on any atom is 0.236 e. The number of piperidine rings is 1. The number of aliphatic hydroxyl groups is 1. The van der Waals surface area contributed by atoms with Gasteiger partial charge in [0.2, 0.25) is 5.91 Å². The lowest BCUT2D eigenvalue weighted by molar-refractivity contribution is -0.142. The van der Waals surface area contributed by atoms with Crippen LogP contribution in [-0.4, -0.2) is 59.1 Å². The number of carbonyl (C=O) groups excluding carboxylic acids is 1. The van der Waals surface area contributed by atoms with Crippen molar-refractivity contribution in [3.05, 3.63) is 0 Å². The lowest BCUT2D eigenvalue weighted by atomic mass is 9.91. The van der Waals surface area contributed by atoms with E-state index >= 15 is 0 Å². The molecule has 2 fully saturated rings. The number of rotatable bonds is 3. The van der Waals surface area contributed by atoms with Gasteiger partial charge in [0.05, 0.1) is 12.1 Å². The summed E-state index contributed by atoms with van der Waals surface area (Å²) in [5, 5.41) is 9.85. The third-order valence-electron chi connectivity index (χ3n) is 3.76. The van der Waals surface area contributed by atoms with Gasteiger partial charge in [0.1, 0.15) is 0 Å². The van der Waals surface area contributed by atoms with Crippen LogP contribution in [0.1, 0.15) is 32.6 Å². The van der Waals surface area contributed by atoms with E-state index in [4.69, 9.17) is 0 Å². The van der Waals surface area contributed by atoms with Crippen LogP contribution in [0.25, 0.3) is 0 Å². The Bertz CT molecular complexity index is 256. The number of hydrogen-bond donors (Lipinski definition) is 1. The molecule has 0 aromatic heterocycles. The first-order chi connectivity index (χ1) is 7.63. The Morgan fingerprint density at radius 2 is 1.88 bits per heavy atom. The second-order valence-corrected chi connectivity index (χ2v) is 5.16. The number of β-amino-alcohol motifs (C(OH)–C–C–N with tert-alkyl or cyclic N) is 1. The molecule has 0 unspecified atom stereocenters. The summed E-state index contributed by atoms with van der Waals surface area (Å²) in [4.78, 5) is 15.9. The van der Waals surface area contributed by atoms with Gasteiger partial charge in [0.15, 0.2) is 0 Å². The number of nitrogens with zero attached hydrogens (tertiary/aromatic N) is 2. The molecule has 0 aliphatic carbocycles. The Labute approximate surface area is 97.2 Å². The highest BCUT2D eigenvalue weighted by Crippen LogP contribution is 2.23. The molecule has 0 spiro atoms. The molecule has 0 saturated carbocycles. The topological polar surface area (TPSA) is 43.8 Å². The van der Waals surface area contributed by atoms with Gasteiger partial charge in [-0.3, -0.25) is 9.69 Å².